The van der Waals surface area contributed by atoms with Crippen LogP contribution >= 0.6 is 12.2 Å². The molecule has 1 aliphatic carbocycles. The number of thiocarbonyl (C=S) groups is 1. The van der Waals surface area contributed by atoms with E-state index in [-0.39, 0.29) is 0 Å². The second-order valence-corrected chi connectivity index (χ2v) is 8.65. The highest BCUT2D eigenvalue weighted by atomic mass is 32.1. The van der Waals surface area contributed by atoms with Crippen LogP contribution in [0.25, 0.3) is 0 Å². The van der Waals surface area contributed by atoms with E-state index in [1.54, 1.807) is 9.80 Å². The monoisotopic (exact) mass is 376 g/mol. The molecule has 0 amide bonds. The highest BCUT2D eigenvalue weighted by Crippen LogP contribution is 2.18. The van der Waals surface area contributed by atoms with Gasteiger partial charge in [0.05, 0.1) is 13.1 Å². The summed E-state index contributed by atoms with van der Waals surface area (Å²) in [4.78, 5) is 3.33. The van der Waals surface area contributed by atoms with Gasteiger partial charge in [-0.25, -0.2) is 0 Å². The van der Waals surface area contributed by atoms with Crippen LogP contribution in [0.2, 0.25) is 0 Å². The second-order valence-electron chi connectivity index (χ2n) is 8.25. The van der Waals surface area contributed by atoms with Gasteiger partial charge in [0.1, 0.15) is 32.2 Å². The van der Waals surface area contributed by atoms with Crippen molar-refractivity contribution < 1.29 is 9.80 Å². The average Bonchev–Trinajstić information content (AvgIpc) is 2.65. The summed E-state index contributed by atoms with van der Waals surface area (Å²) in [5.74, 6) is 0. The van der Waals surface area contributed by atoms with Crippen molar-refractivity contribution in [2.45, 2.75) is 57.2 Å². The standard InChI is InChI=1S/C21H34N4S/c1-17(22-21(26)23-19-11-7-4-8-12-19)20(18-9-5-3-6-10-18)25-15-13-24(2)14-16-25/h3,5-6,9-10,17,19-20H,4,7-8,11-16H2,1-2H3,(H2,22,23,26)/p+2/t17-,20+/m0/s1. The summed E-state index contributed by atoms with van der Waals surface area (Å²) in [6.07, 6.45) is 6.54. The molecule has 1 heterocycles. The van der Waals surface area contributed by atoms with E-state index in [1.165, 1.54) is 63.8 Å². The molecule has 144 valence electrons. The number of hydrogen-bond donors (Lipinski definition) is 4. The summed E-state index contributed by atoms with van der Waals surface area (Å²) in [6, 6.07) is 12.3. The molecular weight excluding hydrogens is 340 g/mol. The Kier molecular flexibility index (Phi) is 7.29. The highest BCUT2D eigenvalue weighted by molar-refractivity contribution is 7.80. The maximum atomic E-state index is 5.66. The first-order chi connectivity index (χ1) is 12.6. The van der Waals surface area contributed by atoms with Crippen LogP contribution in [-0.4, -0.2) is 50.4 Å². The Bertz CT molecular complexity index is 550. The molecule has 1 aliphatic heterocycles. The Morgan fingerprint density at radius 1 is 1.04 bits per heavy atom. The Hall–Kier alpha value is -1.17. The predicted octanol–water partition coefficient (Wildman–Crippen LogP) is 0.326. The molecule has 0 radical (unpaired) electrons. The fraction of sp³-hybridized carbons (Fsp3) is 0.667. The van der Waals surface area contributed by atoms with E-state index < -0.39 is 0 Å². The van der Waals surface area contributed by atoms with Crippen LogP contribution in [0.3, 0.4) is 0 Å². The third-order valence-corrected chi connectivity index (χ3v) is 6.38. The van der Waals surface area contributed by atoms with Crippen molar-refractivity contribution in [1.29, 1.82) is 0 Å². The first-order valence-corrected chi connectivity index (χ1v) is 10.8. The van der Waals surface area contributed by atoms with Gasteiger partial charge >= 0.3 is 0 Å². The third-order valence-electron chi connectivity index (χ3n) is 6.14. The van der Waals surface area contributed by atoms with Gasteiger partial charge in [-0.2, -0.15) is 0 Å². The molecule has 1 saturated carbocycles. The van der Waals surface area contributed by atoms with Crippen molar-refractivity contribution in [3.63, 3.8) is 0 Å². The molecule has 1 saturated heterocycles. The molecule has 0 unspecified atom stereocenters. The number of likely N-dealkylation sites (N-methyl/N-ethyl adjacent to an activating group) is 1. The Morgan fingerprint density at radius 2 is 1.69 bits per heavy atom. The minimum absolute atomic E-state index is 0.314. The SMILES string of the molecule is C[C@H](NC(=S)NC1CCCCC1)[C@H](c1ccccc1)[NH+]1CC[NH+](C)CC1. The molecule has 3 rings (SSSR count). The van der Waals surface area contributed by atoms with Gasteiger partial charge in [0.15, 0.2) is 5.11 Å². The Balaban J connectivity index is 1.64. The first-order valence-electron chi connectivity index (χ1n) is 10.4. The summed E-state index contributed by atoms with van der Waals surface area (Å²) < 4.78 is 0. The fourth-order valence-corrected chi connectivity index (χ4v) is 4.96. The molecular formula is C21H36N4S+2. The lowest BCUT2D eigenvalue weighted by Crippen LogP contribution is -3.27. The van der Waals surface area contributed by atoms with E-state index in [2.05, 4.69) is 54.9 Å². The summed E-state index contributed by atoms with van der Waals surface area (Å²) in [7, 11) is 2.30. The van der Waals surface area contributed by atoms with Crippen LogP contribution in [-0.2, 0) is 0 Å². The van der Waals surface area contributed by atoms with Crippen LogP contribution < -0.4 is 20.4 Å². The summed E-state index contributed by atoms with van der Waals surface area (Å²) >= 11 is 5.66. The zero-order valence-electron chi connectivity index (χ0n) is 16.4. The summed E-state index contributed by atoms with van der Waals surface area (Å²) in [5, 5.41) is 8.04. The molecule has 0 spiro atoms. The average molecular weight is 377 g/mol. The highest BCUT2D eigenvalue weighted by Gasteiger charge is 2.33. The predicted molar refractivity (Wildman–Crippen MR) is 112 cm³/mol. The van der Waals surface area contributed by atoms with E-state index in [1.807, 2.05) is 0 Å². The lowest BCUT2D eigenvalue weighted by molar-refractivity contribution is -1.02. The van der Waals surface area contributed by atoms with Crippen LogP contribution in [0.4, 0.5) is 0 Å². The molecule has 1 aromatic carbocycles. The van der Waals surface area contributed by atoms with Crippen molar-refractivity contribution in [3.8, 4) is 0 Å². The second kappa shape index (κ2) is 9.67. The van der Waals surface area contributed by atoms with E-state index >= 15 is 0 Å². The summed E-state index contributed by atoms with van der Waals surface area (Å²) in [6.45, 7) is 7.23. The van der Waals surface area contributed by atoms with Crippen molar-refractivity contribution in [3.05, 3.63) is 35.9 Å². The third kappa shape index (κ3) is 5.41. The van der Waals surface area contributed by atoms with Crippen molar-refractivity contribution in [2.24, 2.45) is 0 Å². The largest absolute Gasteiger partial charge is 0.360 e. The van der Waals surface area contributed by atoms with Crippen LogP contribution in [0.1, 0.15) is 50.6 Å². The van der Waals surface area contributed by atoms with Gasteiger partial charge in [-0.15, -0.1) is 0 Å². The lowest BCUT2D eigenvalue weighted by Gasteiger charge is -2.37. The maximum Gasteiger partial charge on any atom is 0.166 e. The molecule has 4 N–H and O–H groups in total. The molecule has 26 heavy (non-hydrogen) atoms. The minimum atomic E-state index is 0.314. The lowest BCUT2D eigenvalue weighted by atomic mass is 9.95. The van der Waals surface area contributed by atoms with Gasteiger partial charge in [0, 0.05) is 11.6 Å². The number of rotatable bonds is 5. The summed E-state index contributed by atoms with van der Waals surface area (Å²) in [5.41, 5.74) is 1.42. The number of benzene rings is 1. The topological polar surface area (TPSA) is 32.9 Å². The van der Waals surface area contributed by atoms with Gasteiger partial charge in [-0.3, -0.25) is 0 Å². The van der Waals surface area contributed by atoms with Crippen LogP contribution in [0.15, 0.2) is 30.3 Å². The molecule has 2 atom stereocenters. The van der Waals surface area contributed by atoms with Gasteiger partial charge in [-0.05, 0) is 32.0 Å². The maximum absolute atomic E-state index is 5.66. The number of nitrogens with one attached hydrogen (secondary N) is 4. The van der Waals surface area contributed by atoms with Gasteiger partial charge in [0.25, 0.3) is 0 Å². The molecule has 2 fully saturated rings. The van der Waals surface area contributed by atoms with Crippen molar-refractivity contribution in [2.75, 3.05) is 33.2 Å². The van der Waals surface area contributed by atoms with E-state index in [9.17, 15) is 0 Å². The number of hydrogen-bond acceptors (Lipinski definition) is 1. The molecule has 0 aromatic heterocycles. The molecule has 1 aromatic rings. The molecule has 2 aliphatic rings. The van der Waals surface area contributed by atoms with Gasteiger partial charge < -0.3 is 20.4 Å². The zero-order chi connectivity index (χ0) is 18.4. The van der Waals surface area contributed by atoms with E-state index in [0.717, 1.165) is 5.11 Å². The normalized spacial score (nSPS) is 26.7. The smallest absolute Gasteiger partial charge is 0.166 e. The fourth-order valence-electron chi connectivity index (χ4n) is 4.61. The molecule has 4 nitrogen and oxygen atoms in total. The van der Waals surface area contributed by atoms with Gasteiger partial charge in [0.2, 0.25) is 0 Å². The van der Waals surface area contributed by atoms with Crippen LogP contribution in [0.5, 0.6) is 0 Å². The number of quaternary nitrogens is 2. The molecule has 5 heteroatoms. The molecule has 0 bridgehead atoms. The van der Waals surface area contributed by atoms with E-state index in [0.29, 0.717) is 18.1 Å². The van der Waals surface area contributed by atoms with E-state index in [4.69, 9.17) is 12.2 Å². The van der Waals surface area contributed by atoms with Crippen LogP contribution in [0, 0.1) is 0 Å². The van der Waals surface area contributed by atoms with Gasteiger partial charge in [-0.1, -0.05) is 49.6 Å². The van der Waals surface area contributed by atoms with Crippen molar-refractivity contribution >= 4 is 17.3 Å². The minimum Gasteiger partial charge on any atom is -0.360 e. The Labute approximate surface area is 164 Å². The first kappa shape index (κ1) is 19.6. The number of piperazine rings is 1. The Morgan fingerprint density at radius 3 is 2.35 bits per heavy atom. The zero-order valence-corrected chi connectivity index (χ0v) is 17.2. The van der Waals surface area contributed by atoms with Crippen molar-refractivity contribution in [1.82, 2.24) is 10.6 Å². The quantitative estimate of drug-likeness (QED) is 0.559.